The molecule has 0 saturated carbocycles. The molecular formula is C10H20N2S. The molecule has 0 bridgehead atoms. The minimum atomic E-state index is 0.376. The molecule has 0 spiro atoms. The van der Waals surface area contributed by atoms with Gasteiger partial charge in [0.25, 0.3) is 0 Å². The van der Waals surface area contributed by atoms with E-state index in [1.54, 1.807) is 0 Å². The van der Waals surface area contributed by atoms with Crippen molar-refractivity contribution < 1.29 is 0 Å². The molecule has 1 saturated heterocycles. The number of rotatable bonds is 2. The second-order valence-electron chi connectivity index (χ2n) is 3.89. The smallest absolute Gasteiger partial charge is 0.0984 e. The van der Waals surface area contributed by atoms with E-state index in [9.17, 15) is 0 Å². The van der Waals surface area contributed by atoms with Gasteiger partial charge >= 0.3 is 0 Å². The molecule has 0 aliphatic carbocycles. The van der Waals surface area contributed by atoms with Gasteiger partial charge in [-0.1, -0.05) is 20.8 Å². The maximum Gasteiger partial charge on any atom is 0.0984 e. The summed E-state index contributed by atoms with van der Waals surface area (Å²) in [6.07, 6.45) is 1.23. The Morgan fingerprint density at radius 3 is 2.85 bits per heavy atom. The van der Waals surface area contributed by atoms with Crippen LogP contribution < -0.4 is 0 Å². The average Bonchev–Trinajstić information content (AvgIpc) is 2.16. The highest BCUT2D eigenvalue weighted by atomic mass is 32.2. The van der Waals surface area contributed by atoms with E-state index in [1.807, 2.05) is 0 Å². The lowest BCUT2D eigenvalue weighted by molar-refractivity contribution is 0.402. The third-order valence-electron chi connectivity index (χ3n) is 2.48. The molecule has 1 unspecified atom stereocenters. The van der Waals surface area contributed by atoms with Gasteiger partial charge in [-0.3, -0.25) is 5.41 Å². The molecule has 0 radical (unpaired) electrons. The standard InChI is InChI=1S/C10H20N2S/c1-4-9-7-12(5-6-13-9)10(11)8(2)3/h8-9,11H,4-7H2,1-3H3. The third-order valence-corrected chi connectivity index (χ3v) is 3.85. The zero-order valence-electron chi connectivity index (χ0n) is 8.84. The van der Waals surface area contributed by atoms with Crippen molar-refractivity contribution in [1.82, 2.24) is 4.90 Å². The van der Waals surface area contributed by atoms with E-state index >= 15 is 0 Å². The lowest BCUT2D eigenvalue weighted by Crippen LogP contribution is -2.43. The molecule has 1 N–H and O–H groups in total. The van der Waals surface area contributed by atoms with E-state index in [1.165, 1.54) is 12.2 Å². The molecule has 0 aromatic carbocycles. The van der Waals surface area contributed by atoms with E-state index in [2.05, 4.69) is 37.4 Å². The van der Waals surface area contributed by atoms with Crippen molar-refractivity contribution in [2.24, 2.45) is 5.92 Å². The van der Waals surface area contributed by atoms with Gasteiger partial charge in [0.05, 0.1) is 5.84 Å². The predicted molar refractivity (Wildman–Crippen MR) is 60.7 cm³/mol. The zero-order valence-corrected chi connectivity index (χ0v) is 9.66. The molecule has 0 aromatic rings. The van der Waals surface area contributed by atoms with Crippen molar-refractivity contribution in [2.45, 2.75) is 32.4 Å². The molecule has 0 aromatic heterocycles. The average molecular weight is 200 g/mol. The number of nitrogens with one attached hydrogen (secondary N) is 1. The Morgan fingerprint density at radius 2 is 2.31 bits per heavy atom. The van der Waals surface area contributed by atoms with Crippen molar-refractivity contribution >= 4 is 17.6 Å². The Kier molecular flexibility index (Phi) is 4.10. The molecule has 1 fully saturated rings. The number of hydrogen-bond donors (Lipinski definition) is 1. The van der Waals surface area contributed by atoms with Crippen molar-refractivity contribution in [3.05, 3.63) is 0 Å². The first-order valence-electron chi connectivity index (χ1n) is 5.10. The van der Waals surface area contributed by atoms with Crippen molar-refractivity contribution in [2.75, 3.05) is 18.8 Å². The fourth-order valence-corrected chi connectivity index (χ4v) is 2.73. The van der Waals surface area contributed by atoms with Crippen LogP contribution >= 0.6 is 11.8 Å². The SMILES string of the molecule is CCC1CN(C(=N)C(C)C)CCS1. The van der Waals surface area contributed by atoms with Crippen LogP contribution in [0.15, 0.2) is 0 Å². The molecule has 2 nitrogen and oxygen atoms in total. The van der Waals surface area contributed by atoms with Crippen LogP contribution in [0.25, 0.3) is 0 Å². The summed E-state index contributed by atoms with van der Waals surface area (Å²) in [5.41, 5.74) is 0. The van der Waals surface area contributed by atoms with Gasteiger partial charge in [0.15, 0.2) is 0 Å². The zero-order chi connectivity index (χ0) is 9.84. The topological polar surface area (TPSA) is 27.1 Å². The number of hydrogen-bond acceptors (Lipinski definition) is 2. The first-order valence-corrected chi connectivity index (χ1v) is 6.15. The lowest BCUT2D eigenvalue weighted by atomic mass is 10.1. The number of thioether (sulfide) groups is 1. The first-order chi connectivity index (χ1) is 6.15. The van der Waals surface area contributed by atoms with E-state index in [0.29, 0.717) is 5.92 Å². The van der Waals surface area contributed by atoms with Crippen LogP contribution in [0.5, 0.6) is 0 Å². The molecule has 3 heteroatoms. The van der Waals surface area contributed by atoms with E-state index in [0.717, 1.165) is 24.2 Å². The Hall–Kier alpha value is -0.180. The fourth-order valence-electron chi connectivity index (χ4n) is 1.55. The second kappa shape index (κ2) is 4.89. The van der Waals surface area contributed by atoms with Crippen LogP contribution in [-0.4, -0.2) is 34.8 Å². The molecule has 1 aliphatic rings. The van der Waals surface area contributed by atoms with Crippen LogP contribution in [0.3, 0.4) is 0 Å². The summed E-state index contributed by atoms with van der Waals surface area (Å²) in [4.78, 5) is 2.25. The Morgan fingerprint density at radius 1 is 1.62 bits per heavy atom. The van der Waals surface area contributed by atoms with Gasteiger partial charge in [-0.15, -0.1) is 0 Å². The monoisotopic (exact) mass is 200 g/mol. The number of amidine groups is 1. The van der Waals surface area contributed by atoms with Crippen molar-refractivity contribution in [1.29, 1.82) is 5.41 Å². The normalized spacial score (nSPS) is 23.7. The van der Waals surface area contributed by atoms with E-state index in [-0.39, 0.29) is 0 Å². The summed E-state index contributed by atoms with van der Waals surface area (Å²) >= 11 is 2.06. The summed E-state index contributed by atoms with van der Waals surface area (Å²) in [5.74, 6) is 2.38. The second-order valence-corrected chi connectivity index (χ2v) is 5.30. The molecule has 1 aliphatic heterocycles. The molecule has 0 amide bonds. The molecular weight excluding hydrogens is 180 g/mol. The van der Waals surface area contributed by atoms with Crippen LogP contribution in [-0.2, 0) is 0 Å². The van der Waals surface area contributed by atoms with Crippen molar-refractivity contribution in [3.8, 4) is 0 Å². The van der Waals surface area contributed by atoms with Crippen molar-refractivity contribution in [3.63, 3.8) is 0 Å². The minimum Gasteiger partial charge on any atom is -0.358 e. The maximum absolute atomic E-state index is 7.92. The predicted octanol–water partition coefficient (Wildman–Crippen LogP) is 2.45. The quantitative estimate of drug-likeness (QED) is 0.547. The Bertz CT molecular complexity index is 180. The van der Waals surface area contributed by atoms with Crippen LogP contribution in [0, 0.1) is 11.3 Å². The van der Waals surface area contributed by atoms with Gasteiger partial charge < -0.3 is 4.90 Å². The molecule has 1 rings (SSSR count). The van der Waals surface area contributed by atoms with Gasteiger partial charge in [0.2, 0.25) is 0 Å². The lowest BCUT2D eigenvalue weighted by Gasteiger charge is -2.35. The molecule has 76 valence electrons. The van der Waals surface area contributed by atoms with Gasteiger partial charge in [-0.2, -0.15) is 11.8 Å². The van der Waals surface area contributed by atoms with E-state index < -0.39 is 0 Å². The summed E-state index contributed by atoms with van der Waals surface area (Å²) in [6.45, 7) is 8.59. The molecule has 1 heterocycles. The third kappa shape index (κ3) is 2.90. The highest BCUT2D eigenvalue weighted by Crippen LogP contribution is 2.22. The van der Waals surface area contributed by atoms with Gasteiger partial charge in [0, 0.05) is 30.0 Å². The highest BCUT2D eigenvalue weighted by molar-refractivity contribution is 8.00. The maximum atomic E-state index is 7.92. The van der Waals surface area contributed by atoms with E-state index in [4.69, 9.17) is 5.41 Å². The fraction of sp³-hybridized carbons (Fsp3) is 0.900. The highest BCUT2D eigenvalue weighted by Gasteiger charge is 2.21. The Balaban J connectivity index is 2.46. The summed E-state index contributed by atoms with van der Waals surface area (Å²) in [5, 5.41) is 8.66. The molecule has 1 atom stereocenters. The summed E-state index contributed by atoms with van der Waals surface area (Å²) in [6, 6.07) is 0. The number of nitrogens with zero attached hydrogens (tertiary/aromatic N) is 1. The Labute approximate surface area is 85.6 Å². The van der Waals surface area contributed by atoms with Crippen LogP contribution in [0.1, 0.15) is 27.2 Å². The van der Waals surface area contributed by atoms with Crippen LogP contribution in [0.4, 0.5) is 0 Å². The minimum absolute atomic E-state index is 0.376. The van der Waals surface area contributed by atoms with Gasteiger partial charge in [-0.25, -0.2) is 0 Å². The first kappa shape index (κ1) is 10.9. The largest absolute Gasteiger partial charge is 0.358 e. The summed E-state index contributed by atoms with van der Waals surface area (Å²) < 4.78 is 0. The van der Waals surface area contributed by atoms with Crippen LogP contribution in [0.2, 0.25) is 0 Å². The summed E-state index contributed by atoms with van der Waals surface area (Å²) in [7, 11) is 0. The van der Waals surface area contributed by atoms with Gasteiger partial charge in [-0.05, 0) is 6.42 Å². The molecule has 13 heavy (non-hydrogen) atoms. The van der Waals surface area contributed by atoms with Gasteiger partial charge in [0.1, 0.15) is 0 Å².